The highest BCUT2D eigenvalue weighted by atomic mass is 35.5. The predicted octanol–water partition coefficient (Wildman–Crippen LogP) is 3.26. The molecular formula is C18H15ClN2O4. The molecule has 0 spiro atoms. The van der Waals surface area contributed by atoms with Crippen LogP contribution in [-0.4, -0.2) is 10.2 Å². The summed E-state index contributed by atoms with van der Waals surface area (Å²) in [5.74, 6) is 0.0429. The van der Waals surface area contributed by atoms with E-state index in [0.29, 0.717) is 5.69 Å². The van der Waals surface area contributed by atoms with Gasteiger partial charge in [0.1, 0.15) is 22.9 Å². The van der Waals surface area contributed by atoms with Gasteiger partial charge in [0.25, 0.3) is 10.9 Å². The van der Waals surface area contributed by atoms with E-state index in [-0.39, 0.29) is 33.9 Å². The Labute approximate surface area is 148 Å². The molecule has 0 aliphatic rings. The number of nitrogens with one attached hydrogen (secondary N) is 2. The lowest BCUT2D eigenvalue weighted by atomic mass is 10.1. The van der Waals surface area contributed by atoms with E-state index in [1.807, 2.05) is 6.92 Å². The average molecular weight is 359 g/mol. The summed E-state index contributed by atoms with van der Waals surface area (Å²) >= 11 is 5.84. The predicted molar refractivity (Wildman–Crippen MR) is 97.9 cm³/mol. The highest BCUT2D eigenvalue weighted by molar-refractivity contribution is 6.32. The summed E-state index contributed by atoms with van der Waals surface area (Å²) in [4.78, 5) is 23.8. The van der Waals surface area contributed by atoms with Gasteiger partial charge in [-0.1, -0.05) is 23.7 Å². The largest absolute Gasteiger partial charge is 0.508 e. The van der Waals surface area contributed by atoms with E-state index >= 15 is 0 Å². The van der Waals surface area contributed by atoms with E-state index in [9.17, 15) is 19.8 Å². The molecule has 7 heteroatoms. The first-order valence-electron chi connectivity index (χ1n) is 7.51. The van der Waals surface area contributed by atoms with Crippen molar-refractivity contribution in [1.82, 2.24) is 0 Å². The molecule has 0 unspecified atom stereocenters. The minimum Gasteiger partial charge on any atom is -0.508 e. The van der Waals surface area contributed by atoms with Crippen LogP contribution in [0.3, 0.4) is 0 Å². The van der Waals surface area contributed by atoms with Crippen molar-refractivity contribution in [2.75, 3.05) is 10.6 Å². The van der Waals surface area contributed by atoms with E-state index in [1.54, 1.807) is 30.3 Å². The number of hydrogen-bond donors (Lipinski definition) is 4. The van der Waals surface area contributed by atoms with Crippen molar-refractivity contribution < 1.29 is 10.2 Å². The molecule has 25 heavy (non-hydrogen) atoms. The van der Waals surface area contributed by atoms with Crippen LogP contribution >= 0.6 is 11.6 Å². The number of halogens is 1. The van der Waals surface area contributed by atoms with Crippen LogP contribution in [0, 0.1) is 0 Å². The first kappa shape index (κ1) is 16.9. The monoisotopic (exact) mass is 358 g/mol. The minimum absolute atomic E-state index is 0.0759. The number of phenolic OH excluding ortho intramolecular Hbond substituents is 2. The van der Waals surface area contributed by atoms with Crippen molar-refractivity contribution in [1.29, 1.82) is 0 Å². The van der Waals surface area contributed by atoms with Gasteiger partial charge in [-0.3, -0.25) is 9.59 Å². The Kier molecular flexibility index (Phi) is 4.37. The second-order valence-corrected chi connectivity index (χ2v) is 6.07. The molecule has 0 bridgehead atoms. The summed E-state index contributed by atoms with van der Waals surface area (Å²) in [6, 6.07) is 10.7. The van der Waals surface area contributed by atoms with Gasteiger partial charge in [0.05, 0.1) is 5.02 Å². The Hall–Kier alpha value is -2.99. The fraction of sp³-hybridized carbons (Fsp3) is 0.111. The first-order chi connectivity index (χ1) is 11.9. The van der Waals surface area contributed by atoms with Crippen molar-refractivity contribution in [2.24, 2.45) is 0 Å². The number of anilines is 3. The van der Waals surface area contributed by atoms with Crippen LogP contribution in [0.25, 0.3) is 0 Å². The molecule has 0 radical (unpaired) electrons. The van der Waals surface area contributed by atoms with Gasteiger partial charge in [-0.25, -0.2) is 0 Å². The Morgan fingerprint density at radius 2 is 1.72 bits per heavy atom. The van der Waals surface area contributed by atoms with Crippen LogP contribution in [-0.2, 0) is 0 Å². The summed E-state index contributed by atoms with van der Waals surface area (Å²) in [7, 11) is 0. The maximum absolute atomic E-state index is 11.9. The lowest BCUT2D eigenvalue weighted by Gasteiger charge is -2.20. The number of benzene rings is 2. The van der Waals surface area contributed by atoms with Crippen LogP contribution in [0.15, 0.2) is 52.1 Å². The standard InChI is InChI=1S/C18H15ClN2O4/c1-9(10-3-2-4-12(22)7-10)20-15-16(18(25)17(15)24)21-11-5-6-14(23)13(19)8-11/h2-9,20-23H,1H3/t9-/m1/s1. The summed E-state index contributed by atoms with van der Waals surface area (Å²) < 4.78 is 0. The van der Waals surface area contributed by atoms with Gasteiger partial charge >= 0.3 is 0 Å². The number of aromatic hydroxyl groups is 2. The molecule has 3 aromatic rings. The van der Waals surface area contributed by atoms with Crippen molar-refractivity contribution >= 4 is 28.7 Å². The van der Waals surface area contributed by atoms with Crippen LogP contribution in [0.5, 0.6) is 11.5 Å². The van der Waals surface area contributed by atoms with Gasteiger partial charge in [-0.15, -0.1) is 0 Å². The first-order valence-corrected chi connectivity index (χ1v) is 7.89. The minimum atomic E-state index is -0.630. The topological polar surface area (TPSA) is 98.7 Å². The van der Waals surface area contributed by atoms with Crippen LogP contribution in [0.4, 0.5) is 17.1 Å². The fourth-order valence-electron chi connectivity index (χ4n) is 2.47. The maximum atomic E-state index is 11.9. The molecule has 0 saturated heterocycles. The maximum Gasteiger partial charge on any atom is 0.253 e. The van der Waals surface area contributed by atoms with Crippen LogP contribution in [0.1, 0.15) is 18.5 Å². The number of rotatable bonds is 5. The molecular weight excluding hydrogens is 344 g/mol. The summed E-state index contributed by atoms with van der Waals surface area (Å²) in [6.45, 7) is 1.81. The zero-order chi connectivity index (χ0) is 18.1. The Morgan fingerprint density at radius 3 is 2.40 bits per heavy atom. The highest BCUT2D eigenvalue weighted by Crippen LogP contribution is 2.30. The van der Waals surface area contributed by atoms with E-state index in [2.05, 4.69) is 10.6 Å². The zero-order valence-electron chi connectivity index (χ0n) is 13.2. The normalized spacial score (nSPS) is 12.1. The fourth-order valence-corrected chi connectivity index (χ4v) is 2.65. The van der Waals surface area contributed by atoms with Crippen LogP contribution in [0.2, 0.25) is 5.02 Å². The lowest BCUT2D eigenvalue weighted by molar-refractivity contribution is 0.474. The molecule has 0 aromatic heterocycles. The van der Waals surface area contributed by atoms with Crippen LogP contribution < -0.4 is 21.5 Å². The van der Waals surface area contributed by atoms with Gasteiger partial charge in [0.15, 0.2) is 0 Å². The molecule has 4 N–H and O–H groups in total. The molecule has 6 nitrogen and oxygen atoms in total. The third kappa shape index (κ3) is 3.29. The average Bonchev–Trinajstić information content (AvgIpc) is 2.60. The molecule has 0 aliphatic heterocycles. The SMILES string of the molecule is C[C@@H](Nc1c(Nc2ccc(O)c(Cl)c2)c(=O)c1=O)c1cccc(O)c1. The number of phenols is 2. The van der Waals surface area contributed by atoms with Crippen molar-refractivity contribution in [3.63, 3.8) is 0 Å². The Balaban J connectivity index is 1.84. The van der Waals surface area contributed by atoms with E-state index in [4.69, 9.17) is 11.6 Å². The van der Waals surface area contributed by atoms with Crippen molar-refractivity contribution in [2.45, 2.75) is 13.0 Å². The van der Waals surface area contributed by atoms with Gasteiger partial charge in [0.2, 0.25) is 0 Å². The summed E-state index contributed by atoms with van der Waals surface area (Å²) in [5, 5.41) is 25.0. The molecule has 128 valence electrons. The zero-order valence-corrected chi connectivity index (χ0v) is 14.0. The summed E-state index contributed by atoms with van der Waals surface area (Å²) in [6.07, 6.45) is 0. The molecule has 0 saturated carbocycles. The van der Waals surface area contributed by atoms with Gasteiger partial charge in [-0.2, -0.15) is 0 Å². The summed E-state index contributed by atoms with van der Waals surface area (Å²) in [5.41, 5.74) is 0.313. The van der Waals surface area contributed by atoms with Gasteiger partial charge < -0.3 is 20.8 Å². The van der Waals surface area contributed by atoms with Gasteiger partial charge in [-0.05, 0) is 42.8 Å². The Morgan fingerprint density at radius 1 is 1.00 bits per heavy atom. The molecule has 0 fully saturated rings. The molecule has 0 heterocycles. The van der Waals surface area contributed by atoms with Crippen molar-refractivity contribution in [3.05, 3.63) is 73.5 Å². The third-order valence-electron chi connectivity index (χ3n) is 3.86. The third-order valence-corrected chi connectivity index (χ3v) is 4.16. The van der Waals surface area contributed by atoms with Crippen molar-refractivity contribution in [3.8, 4) is 11.5 Å². The molecule has 3 aromatic carbocycles. The Bertz CT molecular complexity index is 1010. The highest BCUT2D eigenvalue weighted by Gasteiger charge is 2.23. The smallest absolute Gasteiger partial charge is 0.253 e. The van der Waals surface area contributed by atoms with E-state index in [0.717, 1.165) is 5.56 Å². The second kappa shape index (κ2) is 6.49. The molecule has 0 amide bonds. The van der Waals surface area contributed by atoms with E-state index < -0.39 is 10.9 Å². The molecule has 1 atom stereocenters. The second-order valence-electron chi connectivity index (χ2n) is 5.66. The number of hydrogen-bond acceptors (Lipinski definition) is 6. The quantitative estimate of drug-likeness (QED) is 0.413. The lowest BCUT2D eigenvalue weighted by Crippen LogP contribution is -2.37. The molecule has 0 aliphatic carbocycles. The van der Waals surface area contributed by atoms with Gasteiger partial charge in [0, 0.05) is 11.7 Å². The van der Waals surface area contributed by atoms with E-state index in [1.165, 1.54) is 12.1 Å². The molecule has 3 rings (SSSR count).